The highest BCUT2D eigenvalue weighted by atomic mass is 32.1. The largest absolute Gasteiger partial charge is 0.435 e. The van der Waals surface area contributed by atoms with Crippen molar-refractivity contribution in [2.24, 2.45) is 5.10 Å². The van der Waals surface area contributed by atoms with E-state index in [1.165, 1.54) is 12.1 Å². The molecule has 0 aliphatic carbocycles. The van der Waals surface area contributed by atoms with E-state index >= 15 is 0 Å². The van der Waals surface area contributed by atoms with Gasteiger partial charge in [-0.3, -0.25) is 9.69 Å². The molecular weight excluding hydrogens is 440 g/mol. The van der Waals surface area contributed by atoms with Crippen molar-refractivity contribution in [1.29, 1.82) is 0 Å². The lowest BCUT2D eigenvalue weighted by atomic mass is 10.1. The van der Waals surface area contributed by atoms with Crippen LogP contribution in [0.3, 0.4) is 0 Å². The first kappa shape index (κ1) is 21.6. The minimum Gasteiger partial charge on any atom is -0.435 e. The Morgan fingerprint density at radius 3 is 2.58 bits per heavy atom. The summed E-state index contributed by atoms with van der Waals surface area (Å²) >= 11 is 3.25. The molecule has 9 heteroatoms. The van der Waals surface area contributed by atoms with Crippen molar-refractivity contribution in [1.82, 2.24) is 9.91 Å². The molecule has 0 bridgehead atoms. The molecule has 3 aromatic rings. The second-order valence-corrected chi connectivity index (χ2v) is 9.12. The van der Waals surface area contributed by atoms with E-state index in [0.29, 0.717) is 13.0 Å². The first-order valence-electron chi connectivity index (χ1n) is 9.68. The predicted molar refractivity (Wildman–Crippen MR) is 119 cm³/mol. The molecule has 0 spiro atoms. The summed E-state index contributed by atoms with van der Waals surface area (Å²) < 4.78 is 29.0. The van der Waals surface area contributed by atoms with Crippen molar-refractivity contribution in [3.63, 3.8) is 0 Å². The lowest BCUT2D eigenvalue weighted by molar-refractivity contribution is -0.134. The molecule has 0 saturated heterocycles. The average Bonchev–Trinajstić information content (AvgIpc) is 3.49. The summed E-state index contributed by atoms with van der Waals surface area (Å²) in [5.74, 6) is 0.0360. The van der Waals surface area contributed by atoms with Gasteiger partial charge in [-0.05, 0) is 47.6 Å². The van der Waals surface area contributed by atoms with Crippen LogP contribution in [0.1, 0.15) is 27.8 Å². The number of carbonyl (C=O) groups is 1. The molecule has 162 valence electrons. The van der Waals surface area contributed by atoms with Gasteiger partial charge >= 0.3 is 6.61 Å². The number of ether oxygens (including phenoxy) is 1. The van der Waals surface area contributed by atoms with Crippen LogP contribution >= 0.6 is 22.7 Å². The number of likely N-dealkylation sites (N-methyl/N-ethyl adjacent to an activating group) is 1. The third kappa shape index (κ3) is 5.36. The van der Waals surface area contributed by atoms with Crippen LogP contribution in [0.2, 0.25) is 0 Å². The highest BCUT2D eigenvalue weighted by Gasteiger charge is 2.34. The fraction of sp³-hybridized carbons (Fsp3) is 0.273. The van der Waals surface area contributed by atoms with Gasteiger partial charge in [0.05, 0.1) is 23.2 Å². The van der Waals surface area contributed by atoms with E-state index in [1.54, 1.807) is 39.8 Å². The Hall–Kier alpha value is -2.62. The van der Waals surface area contributed by atoms with Crippen LogP contribution in [0.4, 0.5) is 8.78 Å². The van der Waals surface area contributed by atoms with Crippen LogP contribution in [0.15, 0.2) is 64.4 Å². The van der Waals surface area contributed by atoms with Crippen LogP contribution in [-0.4, -0.2) is 41.7 Å². The molecule has 0 radical (unpaired) electrons. The molecule has 0 saturated carbocycles. The topological polar surface area (TPSA) is 45.1 Å². The zero-order valence-corrected chi connectivity index (χ0v) is 18.4. The molecule has 1 aliphatic rings. The summed E-state index contributed by atoms with van der Waals surface area (Å²) in [7, 11) is 1.85. The van der Waals surface area contributed by atoms with Gasteiger partial charge in [-0.2, -0.15) is 13.9 Å². The summed E-state index contributed by atoms with van der Waals surface area (Å²) in [5.41, 5.74) is 1.83. The van der Waals surface area contributed by atoms with Crippen LogP contribution in [0.25, 0.3) is 0 Å². The highest BCUT2D eigenvalue weighted by molar-refractivity contribution is 7.12. The summed E-state index contributed by atoms with van der Waals surface area (Å²) in [6.45, 7) is -2.15. The lowest BCUT2D eigenvalue weighted by Crippen LogP contribution is -2.36. The van der Waals surface area contributed by atoms with E-state index in [0.717, 1.165) is 21.0 Å². The van der Waals surface area contributed by atoms with E-state index in [9.17, 15) is 13.6 Å². The van der Waals surface area contributed by atoms with Crippen molar-refractivity contribution in [2.75, 3.05) is 13.6 Å². The van der Waals surface area contributed by atoms with Crippen molar-refractivity contribution >= 4 is 34.3 Å². The number of amides is 1. The van der Waals surface area contributed by atoms with Crippen molar-refractivity contribution in [3.8, 4) is 5.75 Å². The summed E-state index contributed by atoms with van der Waals surface area (Å²) in [6, 6.07) is 14.4. The SMILES string of the molecule is CN(CC(=O)N1N=C(c2cccs2)CC1c1cccs1)Cc1ccc(OC(F)F)cc1. The number of nitrogens with zero attached hydrogens (tertiary/aromatic N) is 3. The van der Waals surface area contributed by atoms with E-state index in [1.807, 2.05) is 47.0 Å². The fourth-order valence-corrected chi connectivity index (χ4v) is 5.01. The minimum atomic E-state index is -2.84. The van der Waals surface area contributed by atoms with Gasteiger partial charge in [-0.15, -0.1) is 22.7 Å². The van der Waals surface area contributed by atoms with Crippen LogP contribution in [0, 0.1) is 0 Å². The number of alkyl halides is 2. The molecule has 5 nitrogen and oxygen atoms in total. The number of hydrazone groups is 1. The Balaban J connectivity index is 1.42. The van der Waals surface area contributed by atoms with Gasteiger partial charge in [0.15, 0.2) is 0 Å². The second kappa shape index (κ2) is 9.67. The van der Waals surface area contributed by atoms with E-state index < -0.39 is 6.61 Å². The Bertz CT molecular complexity index is 1020. The van der Waals surface area contributed by atoms with E-state index in [-0.39, 0.29) is 24.2 Å². The Morgan fingerprint density at radius 1 is 1.19 bits per heavy atom. The Morgan fingerprint density at radius 2 is 1.94 bits per heavy atom. The van der Waals surface area contributed by atoms with Gasteiger partial charge in [0.25, 0.3) is 5.91 Å². The maximum Gasteiger partial charge on any atom is 0.387 e. The van der Waals surface area contributed by atoms with Crippen LogP contribution in [-0.2, 0) is 11.3 Å². The number of benzene rings is 1. The number of hydrogen-bond donors (Lipinski definition) is 0. The van der Waals surface area contributed by atoms with Gasteiger partial charge in [0, 0.05) is 17.8 Å². The third-order valence-corrected chi connectivity index (χ3v) is 6.74. The van der Waals surface area contributed by atoms with E-state index in [2.05, 4.69) is 9.84 Å². The minimum absolute atomic E-state index is 0.0786. The summed E-state index contributed by atoms with van der Waals surface area (Å²) in [4.78, 5) is 17.2. The van der Waals surface area contributed by atoms with Gasteiger partial charge in [0.2, 0.25) is 0 Å². The predicted octanol–water partition coefficient (Wildman–Crippen LogP) is 5.22. The van der Waals surface area contributed by atoms with Gasteiger partial charge in [0.1, 0.15) is 5.75 Å². The zero-order chi connectivity index (χ0) is 21.8. The summed E-state index contributed by atoms with van der Waals surface area (Å²) in [5, 5.41) is 10.3. The van der Waals surface area contributed by atoms with Crippen LogP contribution < -0.4 is 4.74 Å². The monoisotopic (exact) mass is 461 g/mol. The van der Waals surface area contributed by atoms with E-state index in [4.69, 9.17) is 0 Å². The molecule has 1 aliphatic heterocycles. The maximum absolute atomic E-state index is 13.1. The van der Waals surface area contributed by atoms with Gasteiger partial charge < -0.3 is 4.74 Å². The molecule has 3 heterocycles. The molecule has 31 heavy (non-hydrogen) atoms. The van der Waals surface area contributed by atoms with Crippen LogP contribution in [0.5, 0.6) is 5.75 Å². The Labute approximate surface area is 187 Å². The lowest BCUT2D eigenvalue weighted by Gasteiger charge is -2.24. The fourth-order valence-electron chi connectivity index (χ4n) is 3.48. The number of rotatable bonds is 8. The quantitative estimate of drug-likeness (QED) is 0.462. The molecule has 2 aromatic heterocycles. The average molecular weight is 462 g/mol. The zero-order valence-electron chi connectivity index (χ0n) is 16.8. The molecule has 0 N–H and O–H groups in total. The van der Waals surface area contributed by atoms with Gasteiger partial charge in [-0.25, -0.2) is 5.01 Å². The van der Waals surface area contributed by atoms with Crippen molar-refractivity contribution in [2.45, 2.75) is 25.6 Å². The third-order valence-electron chi connectivity index (χ3n) is 4.85. The molecule has 1 atom stereocenters. The standard InChI is InChI=1S/C22H21F2N3O2S2/c1-26(13-15-6-8-16(9-7-15)29-22(23)24)14-21(28)27-18(20-5-3-11-31-20)12-17(25-27)19-4-2-10-30-19/h2-11,18,22H,12-14H2,1H3. The number of halogens is 2. The number of hydrogen-bond acceptors (Lipinski definition) is 6. The van der Waals surface area contributed by atoms with Crippen molar-refractivity contribution in [3.05, 3.63) is 74.6 Å². The summed E-state index contributed by atoms with van der Waals surface area (Å²) in [6.07, 6.45) is 0.697. The maximum atomic E-state index is 13.1. The number of carbonyl (C=O) groups excluding carboxylic acids is 1. The second-order valence-electron chi connectivity index (χ2n) is 7.19. The molecule has 1 aromatic carbocycles. The molecule has 4 rings (SSSR count). The first-order valence-corrected chi connectivity index (χ1v) is 11.4. The molecular formula is C22H21F2N3O2S2. The molecule has 1 unspecified atom stereocenters. The normalized spacial score (nSPS) is 16.2. The van der Waals surface area contributed by atoms with Crippen molar-refractivity contribution < 1.29 is 18.3 Å². The molecule has 1 amide bonds. The number of thiophene rings is 2. The highest BCUT2D eigenvalue weighted by Crippen LogP contribution is 2.36. The van der Waals surface area contributed by atoms with Gasteiger partial charge in [-0.1, -0.05) is 24.3 Å². The first-order chi connectivity index (χ1) is 15.0. The molecule has 0 fully saturated rings. The Kier molecular flexibility index (Phi) is 6.74. The smallest absolute Gasteiger partial charge is 0.387 e.